The second-order valence-electron chi connectivity index (χ2n) is 15.2. The number of hydrogen-bond donors (Lipinski definition) is 6. The zero-order chi connectivity index (χ0) is 37.2. The SMILES string of the molecule is CC(C)(C)N(CC(F)C[C@H](CN)N(C(=O)O)C(C)(C)C)C(=O)O.CC(C)(C)N(CC(F)C[C@H](CN)N(C(=O)O)C(C)(C)C)C(=O)O. The van der Waals surface area contributed by atoms with E-state index < -0.39 is 71.0 Å². The molecule has 272 valence electrons. The molecule has 4 atom stereocenters. The van der Waals surface area contributed by atoms with E-state index in [1.165, 1.54) is 0 Å². The number of nitrogens with zero attached hydrogens (tertiary/aromatic N) is 4. The summed E-state index contributed by atoms with van der Waals surface area (Å²) in [5.74, 6) is 0. The number of amides is 4. The van der Waals surface area contributed by atoms with E-state index in [4.69, 9.17) is 11.5 Å². The number of halogens is 2. The number of alkyl halides is 2. The van der Waals surface area contributed by atoms with Crippen molar-refractivity contribution in [3.63, 3.8) is 0 Å². The molecule has 4 amide bonds. The summed E-state index contributed by atoms with van der Waals surface area (Å²) in [6.45, 7) is 19.5. The van der Waals surface area contributed by atoms with Crippen LogP contribution in [0.25, 0.3) is 0 Å². The van der Waals surface area contributed by atoms with Crippen LogP contribution in [0.4, 0.5) is 28.0 Å². The minimum atomic E-state index is -1.51. The van der Waals surface area contributed by atoms with Crippen LogP contribution in [0.5, 0.6) is 0 Å². The van der Waals surface area contributed by atoms with E-state index >= 15 is 0 Å². The quantitative estimate of drug-likeness (QED) is 0.160. The Morgan fingerprint density at radius 2 is 0.761 bits per heavy atom. The average Bonchev–Trinajstić information content (AvgIpc) is 2.81. The summed E-state index contributed by atoms with van der Waals surface area (Å²) in [4.78, 5) is 49.7. The van der Waals surface area contributed by atoms with Crippen LogP contribution in [-0.4, -0.2) is 137 Å². The first kappa shape index (κ1) is 45.0. The Hall–Kier alpha value is -3.14. The van der Waals surface area contributed by atoms with Crippen LogP contribution >= 0.6 is 0 Å². The molecule has 14 nitrogen and oxygen atoms in total. The zero-order valence-corrected chi connectivity index (χ0v) is 29.7. The van der Waals surface area contributed by atoms with Crippen molar-refractivity contribution in [3.8, 4) is 0 Å². The zero-order valence-electron chi connectivity index (χ0n) is 29.7. The van der Waals surface area contributed by atoms with E-state index in [0.29, 0.717) is 0 Å². The minimum absolute atomic E-state index is 0.0351. The number of nitrogens with two attached hydrogens (primary N) is 2. The van der Waals surface area contributed by atoms with Crippen molar-refractivity contribution in [1.82, 2.24) is 19.6 Å². The maximum atomic E-state index is 14.4. The lowest BCUT2D eigenvalue weighted by Gasteiger charge is -2.40. The summed E-state index contributed by atoms with van der Waals surface area (Å²) in [7, 11) is 0. The standard InChI is InChI=1S/2C15H30FN3O4/c2*1-14(2,3)18(12(20)21)9-10(16)7-11(8-17)19(13(22)23)15(4,5)6/h2*10-11H,7-9,17H2,1-6H3,(H,20,21)(H,22,23)/t2*10?,11-/m11/s1. The molecular formula is C30H60F2N6O8. The molecule has 2 unspecified atom stereocenters. The van der Waals surface area contributed by atoms with E-state index in [9.17, 15) is 48.4 Å². The third-order valence-electron chi connectivity index (χ3n) is 7.03. The number of hydrogen-bond acceptors (Lipinski definition) is 6. The molecule has 0 aromatic carbocycles. The first-order valence-corrected chi connectivity index (χ1v) is 15.2. The topological polar surface area (TPSA) is 214 Å². The first-order chi connectivity index (χ1) is 20.4. The number of carboxylic acid groups (broad SMARTS) is 4. The van der Waals surface area contributed by atoms with E-state index in [0.717, 1.165) is 19.6 Å². The predicted octanol–water partition coefficient (Wildman–Crippen LogP) is 5.20. The molecule has 0 aliphatic carbocycles. The molecule has 0 radical (unpaired) electrons. The van der Waals surface area contributed by atoms with Crippen molar-refractivity contribution >= 4 is 24.4 Å². The van der Waals surface area contributed by atoms with E-state index in [1.54, 1.807) is 83.1 Å². The molecule has 8 N–H and O–H groups in total. The smallest absolute Gasteiger partial charge is 0.408 e. The van der Waals surface area contributed by atoms with Crippen molar-refractivity contribution in [2.45, 2.75) is 143 Å². The molecule has 0 rings (SSSR count). The second kappa shape index (κ2) is 17.7. The molecule has 0 aliphatic heterocycles. The van der Waals surface area contributed by atoms with Crippen molar-refractivity contribution in [1.29, 1.82) is 0 Å². The van der Waals surface area contributed by atoms with Gasteiger partial charge in [-0.2, -0.15) is 0 Å². The van der Waals surface area contributed by atoms with Crippen LogP contribution < -0.4 is 11.5 Å². The largest absolute Gasteiger partial charge is 0.465 e. The van der Waals surface area contributed by atoms with Crippen molar-refractivity contribution in [2.24, 2.45) is 11.5 Å². The summed E-state index contributed by atoms with van der Waals surface area (Å²) >= 11 is 0. The summed E-state index contributed by atoms with van der Waals surface area (Å²) < 4.78 is 28.8. The van der Waals surface area contributed by atoms with Gasteiger partial charge in [-0.1, -0.05) is 0 Å². The van der Waals surface area contributed by atoms with E-state index in [1.807, 2.05) is 0 Å². The van der Waals surface area contributed by atoms with Crippen LogP contribution in [0.15, 0.2) is 0 Å². The highest BCUT2D eigenvalue weighted by molar-refractivity contribution is 5.67. The summed E-state index contributed by atoms with van der Waals surface area (Å²) in [6.07, 6.45) is -8.10. The molecule has 16 heteroatoms. The molecule has 0 aromatic heterocycles. The van der Waals surface area contributed by atoms with Crippen LogP contribution in [0.3, 0.4) is 0 Å². The summed E-state index contributed by atoms with van der Waals surface area (Å²) in [5.41, 5.74) is 8.31. The fourth-order valence-corrected chi connectivity index (χ4v) is 5.01. The molecule has 0 fully saturated rings. The number of rotatable bonds is 12. The van der Waals surface area contributed by atoms with E-state index in [2.05, 4.69) is 0 Å². The van der Waals surface area contributed by atoms with Gasteiger partial charge in [0.1, 0.15) is 12.3 Å². The third-order valence-corrected chi connectivity index (χ3v) is 7.03. The first-order valence-electron chi connectivity index (χ1n) is 15.2. The lowest BCUT2D eigenvalue weighted by atomic mass is 9.99. The van der Waals surface area contributed by atoms with Crippen molar-refractivity contribution in [2.75, 3.05) is 26.2 Å². The maximum absolute atomic E-state index is 14.4. The van der Waals surface area contributed by atoms with Gasteiger partial charge in [0.25, 0.3) is 0 Å². The van der Waals surface area contributed by atoms with Crippen molar-refractivity contribution < 1.29 is 48.4 Å². The average molecular weight is 671 g/mol. The molecule has 46 heavy (non-hydrogen) atoms. The van der Waals surface area contributed by atoms with Crippen LogP contribution in [-0.2, 0) is 0 Å². The Morgan fingerprint density at radius 3 is 0.891 bits per heavy atom. The summed E-state index contributed by atoms with van der Waals surface area (Å²) in [6, 6.07) is -1.45. The highest BCUT2D eigenvalue weighted by atomic mass is 19.1. The highest BCUT2D eigenvalue weighted by Gasteiger charge is 2.37. The molecule has 0 bridgehead atoms. The molecule has 0 saturated heterocycles. The van der Waals surface area contributed by atoms with Gasteiger partial charge in [0.05, 0.1) is 25.2 Å². The predicted molar refractivity (Wildman–Crippen MR) is 173 cm³/mol. The van der Waals surface area contributed by atoms with Gasteiger partial charge >= 0.3 is 24.4 Å². The minimum Gasteiger partial charge on any atom is -0.465 e. The van der Waals surface area contributed by atoms with Crippen LogP contribution in [0.2, 0.25) is 0 Å². The van der Waals surface area contributed by atoms with Gasteiger partial charge in [0.15, 0.2) is 0 Å². The maximum Gasteiger partial charge on any atom is 0.408 e. The Bertz CT molecular complexity index is 914. The Kier molecular flexibility index (Phi) is 17.3. The molecule has 0 heterocycles. The Labute approximate surface area is 272 Å². The molecule has 0 saturated carbocycles. The fourth-order valence-electron chi connectivity index (χ4n) is 5.01. The van der Waals surface area contributed by atoms with Crippen LogP contribution in [0.1, 0.15) is 95.9 Å². The Balaban J connectivity index is 0. The van der Waals surface area contributed by atoms with Crippen LogP contribution in [0, 0.1) is 0 Å². The third kappa shape index (κ3) is 15.4. The lowest BCUT2D eigenvalue weighted by molar-refractivity contribution is 0.0457. The van der Waals surface area contributed by atoms with Gasteiger partial charge in [-0.15, -0.1) is 0 Å². The Morgan fingerprint density at radius 1 is 0.522 bits per heavy atom. The lowest BCUT2D eigenvalue weighted by Crippen LogP contribution is -2.55. The van der Waals surface area contributed by atoms with Gasteiger partial charge in [0, 0.05) is 48.1 Å². The fraction of sp³-hybridized carbons (Fsp3) is 0.867. The number of carbonyl (C=O) groups is 4. The van der Waals surface area contributed by atoms with Gasteiger partial charge in [0.2, 0.25) is 0 Å². The van der Waals surface area contributed by atoms with Gasteiger partial charge in [-0.3, -0.25) is 9.80 Å². The molecule has 0 aromatic rings. The van der Waals surface area contributed by atoms with Gasteiger partial charge < -0.3 is 41.7 Å². The highest BCUT2D eigenvalue weighted by Crippen LogP contribution is 2.24. The summed E-state index contributed by atoms with van der Waals surface area (Å²) in [5, 5.41) is 37.1. The normalized spacial score (nSPS) is 15.0. The van der Waals surface area contributed by atoms with E-state index in [-0.39, 0.29) is 39.0 Å². The second-order valence-corrected chi connectivity index (χ2v) is 15.2. The van der Waals surface area contributed by atoms with Gasteiger partial charge in [-0.25, -0.2) is 28.0 Å². The molecular weight excluding hydrogens is 610 g/mol. The van der Waals surface area contributed by atoms with Crippen molar-refractivity contribution in [3.05, 3.63) is 0 Å². The van der Waals surface area contributed by atoms with Gasteiger partial charge in [-0.05, 0) is 83.1 Å². The molecule has 0 spiro atoms. The monoisotopic (exact) mass is 670 g/mol. The molecule has 0 aliphatic rings.